The molecular formula is C14H20N2O3. The lowest BCUT2D eigenvalue weighted by atomic mass is 9.80. The van der Waals surface area contributed by atoms with Gasteiger partial charge in [0.15, 0.2) is 0 Å². The average molecular weight is 264 g/mol. The van der Waals surface area contributed by atoms with Crippen LogP contribution in [0.3, 0.4) is 0 Å². The third-order valence-corrected chi connectivity index (χ3v) is 3.52. The van der Waals surface area contributed by atoms with E-state index in [9.17, 15) is 4.79 Å². The van der Waals surface area contributed by atoms with Crippen molar-refractivity contribution in [2.24, 2.45) is 11.7 Å². The van der Waals surface area contributed by atoms with E-state index in [1.165, 1.54) is 0 Å². The highest BCUT2D eigenvalue weighted by Crippen LogP contribution is 2.34. The average Bonchev–Trinajstić information content (AvgIpc) is 2.36. The van der Waals surface area contributed by atoms with Crippen molar-refractivity contribution in [2.45, 2.75) is 25.8 Å². The lowest BCUT2D eigenvalue weighted by Crippen LogP contribution is -2.42. The molecule has 104 valence electrons. The van der Waals surface area contributed by atoms with Crippen molar-refractivity contribution in [3.05, 3.63) is 17.7 Å². The topological polar surface area (TPSA) is 73.6 Å². The summed E-state index contributed by atoms with van der Waals surface area (Å²) in [6, 6.07) is 3.79. The molecule has 1 aliphatic rings. The van der Waals surface area contributed by atoms with Gasteiger partial charge in [0.2, 0.25) is 5.91 Å². The Bertz CT molecular complexity index is 482. The number of carbonyl (C=O) groups is 1. The fraction of sp³-hybridized carbons (Fsp3) is 0.500. The highest BCUT2D eigenvalue weighted by atomic mass is 16.5. The van der Waals surface area contributed by atoms with Crippen LogP contribution < -0.4 is 20.5 Å². The van der Waals surface area contributed by atoms with E-state index in [1.54, 1.807) is 20.3 Å². The van der Waals surface area contributed by atoms with Crippen LogP contribution in [-0.4, -0.2) is 26.2 Å². The molecule has 0 unspecified atom stereocenters. The highest BCUT2D eigenvalue weighted by molar-refractivity contribution is 5.95. The summed E-state index contributed by atoms with van der Waals surface area (Å²) in [6.07, 6.45) is 1.49. The number of nitrogens with two attached hydrogens (primary N) is 1. The molecule has 1 amide bonds. The molecule has 0 aromatic heterocycles. The number of hydrogen-bond donors (Lipinski definition) is 2. The quantitative estimate of drug-likeness (QED) is 0.868. The molecule has 19 heavy (non-hydrogen) atoms. The number of anilines is 1. The molecule has 5 heteroatoms. The van der Waals surface area contributed by atoms with Gasteiger partial charge in [0.05, 0.1) is 19.9 Å². The van der Waals surface area contributed by atoms with Crippen molar-refractivity contribution >= 4 is 11.6 Å². The molecule has 0 heterocycles. The van der Waals surface area contributed by atoms with Crippen LogP contribution in [0.1, 0.15) is 18.4 Å². The van der Waals surface area contributed by atoms with Crippen LogP contribution in [0.2, 0.25) is 0 Å². The number of amides is 1. The lowest BCUT2D eigenvalue weighted by Gasteiger charge is -2.31. The number of aryl methyl sites for hydroxylation is 1. The van der Waals surface area contributed by atoms with E-state index in [0.29, 0.717) is 11.4 Å². The summed E-state index contributed by atoms with van der Waals surface area (Å²) in [5.41, 5.74) is 7.29. The molecule has 1 aromatic rings. The first-order chi connectivity index (χ1) is 9.05. The SMILES string of the molecule is COc1cc(NC(=O)C2CC(N)C2)c(OC)cc1C. The molecule has 0 atom stereocenters. The molecule has 0 bridgehead atoms. The van der Waals surface area contributed by atoms with Gasteiger partial charge in [-0.2, -0.15) is 0 Å². The summed E-state index contributed by atoms with van der Waals surface area (Å²) in [4.78, 5) is 12.0. The molecule has 1 aliphatic carbocycles. The van der Waals surface area contributed by atoms with Crippen molar-refractivity contribution < 1.29 is 14.3 Å². The summed E-state index contributed by atoms with van der Waals surface area (Å²) < 4.78 is 10.5. The monoisotopic (exact) mass is 264 g/mol. The zero-order valence-electron chi connectivity index (χ0n) is 11.5. The number of carbonyl (C=O) groups excluding carboxylic acids is 1. The number of ether oxygens (including phenoxy) is 2. The van der Waals surface area contributed by atoms with Gasteiger partial charge in [0.25, 0.3) is 0 Å². The molecule has 1 fully saturated rings. The van der Waals surface area contributed by atoms with E-state index in [-0.39, 0.29) is 17.9 Å². The summed E-state index contributed by atoms with van der Waals surface area (Å²) in [5.74, 6) is 1.36. The zero-order valence-corrected chi connectivity index (χ0v) is 11.5. The normalized spacial score (nSPS) is 21.5. The van der Waals surface area contributed by atoms with Crippen molar-refractivity contribution in [2.75, 3.05) is 19.5 Å². The second-order valence-electron chi connectivity index (χ2n) is 4.94. The standard InChI is InChI=1S/C14H20N2O3/c1-8-4-13(19-3)11(7-12(8)18-2)16-14(17)9-5-10(15)6-9/h4,7,9-10H,5-6,15H2,1-3H3,(H,16,17). The number of nitrogens with one attached hydrogen (secondary N) is 1. The van der Waals surface area contributed by atoms with E-state index in [1.807, 2.05) is 13.0 Å². The van der Waals surface area contributed by atoms with Crippen LogP contribution in [0.15, 0.2) is 12.1 Å². The molecule has 5 nitrogen and oxygen atoms in total. The molecule has 1 aromatic carbocycles. The lowest BCUT2D eigenvalue weighted by molar-refractivity contribution is -0.122. The smallest absolute Gasteiger partial charge is 0.227 e. The van der Waals surface area contributed by atoms with Gasteiger partial charge in [-0.3, -0.25) is 4.79 Å². The maximum absolute atomic E-state index is 12.0. The molecular weight excluding hydrogens is 244 g/mol. The molecule has 2 rings (SSSR count). The Labute approximate surface area is 113 Å². The van der Waals surface area contributed by atoms with Gasteiger partial charge < -0.3 is 20.5 Å². The van der Waals surface area contributed by atoms with Crippen molar-refractivity contribution in [3.8, 4) is 11.5 Å². The molecule has 0 radical (unpaired) electrons. The Morgan fingerprint density at radius 2 is 1.89 bits per heavy atom. The molecule has 0 aliphatic heterocycles. The minimum Gasteiger partial charge on any atom is -0.496 e. The number of rotatable bonds is 4. The first kappa shape index (κ1) is 13.7. The summed E-state index contributed by atoms with van der Waals surface area (Å²) in [6.45, 7) is 1.93. The predicted molar refractivity (Wildman–Crippen MR) is 73.6 cm³/mol. The zero-order chi connectivity index (χ0) is 14.0. The van der Waals surface area contributed by atoms with Crippen LogP contribution in [0.25, 0.3) is 0 Å². The van der Waals surface area contributed by atoms with Gasteiger partial charge in [-0.1, -0.05) is 0 Å². The van der Waals surface area contributed by atoms with E-state index < -0.39 is 0 Å². The van der Waals surface area contributed by atoms with Gasteiger partial charge in [-0.15, -0.1) is 0 Å². The molecule has 0 saturated heterocycles. The Morgan fingerprint density at radius 1 is 1.26 bits per heavy atom. The van der Waals surface area contributed by atoms with E-state index in [4.69, 9.17) is 15.2 Å². The maximum atomic E-state index is 12.0. The van der Waals surface area contributed by atoms with Crippen LogP contribution in [0, 0.1) is 12.8 Å². The van der Waals surface area contributed by atoms with Gasteiger partial charge in [-0.25, -0.2) is 0 Å². The molecule has 1 saturated carbocycles. The molecule has 3 N–H and O–H groups in total. The van der Waals surface area contributed by atoms with Crippen molar-refractivity contribution in [1.82, 2.24) is 0 Å². The summed E-state index contributed by atoms with van der Waals surface area (Å²) in [5, 5.41) is 2.89. The van der Waals surface area contributed by atoms with Gasteiger partial charge >= 0.3 is 0 Å². The first-order valence-corrected chi connectivity index (χ1v) is 6.34. The predicted octanol–water partition coefficient (Wildman–Crippen LogP) is 1.69. The third-order valence-electron chi connectivity index (χ3n) is 3.52. The minimum absolute atomic E-state index is 0.00649. The summed E-state index contributed by atoms with van der Waals surface area (Å²) >= 11 is 0. The van der Waals surface area contributed by atoms with Crippen LogP contribution >= 0.6 is 0 Å². The largest absolute Gasteiger partial charge is 0.496 e. The van der Waals surface area contributed by atoms with Gasteiger partial charge in [-0.05, 0) is 31.4 Å². The Balaban J connectivity index is 2.16. The second-order valence-corrected chi connectivity index (χ2v) is 4.94. The van der Waals surface area contributed by atoms with Gasteiger partial charge in [0.1, 0.15) is 11.5 Å². The minimum atomic E-state index is -0.00842. The van der Waals surface area contributed by atoms with Crippen molar-refractivity contribution in [1.29, 1.82) is 0 Å². The second kappa shape index (κ2) is 5.48. The Kier molecular flexibility index (Phi) is 3.95. The fourth-order valence-corrected chi connectivity index (χ4v) is 2.26. The highest BCUT2D eigenvalue weighted by Gasteiger charge is 2.32. The number of benzene rings is 1. The maximum Gasteiger partial charge on any atom is 0.227 e. The van der Waals surface area contributed by atoms with Crippen LogP contribution in [0.4, 0.5) is 5.69 Å². The fourth-order valence-electron chi connectivity index (χ4n) is 2.26. The summed E-state index contributed by atoms with van der Waals surface area (Å²) in [7, 11) is 3.18. The van der Waals surface area contributed by atoms with Crippen LogP contribution in [0.5, 0.6) is 11.5 Å². The Morgan fingerprint density at radius 3 is 2.42 bits per heavy atom. The number of hydrogen-bond acceptors (Lipinski definition) is 4. The van der Waals surface area contributed by atoms with E-state index >= 15 is 0 Å². The molecule has 0 spiro atoms. The van der Waals surface area contributed by atoms with E-state index in [2.05, 4.69) is 5.32 Å². The van der Waals surface area contributed by atoms with E-state index in [0.717, 1.165) is 24.2 Å². The third kappa shape index (κ3) is 2.81. The van der Waals surface area contributed by atoms with Crippen molar-refractivity contribution in [3.63, 3.8) is 0 Å². The first-order valence-electron chi connectivity index (χ1n) is 6.34. The number of methoxy groups -OCH3 is 2. The Hall–Kier alpha value is -1.75. The van der Waals surface area contributed by atoms with Gasteiger partial charge in [0, 0.05) is 18.0 Å². The van der Waals surface area contributed by atoms with Crippen LogP contribution in [-0.2, 0) is 4.79 Å².